The van der Waals surface area contributed by atoms with E-state index >= 15 is 0 Å². The Bertz CT molecular complexity index is 409. The van der Waals surface area contributed by atoms with Gasteiger partial charge in [0.15, 0.2) is 0 Å². The average Bonchev–Trinajstić information content (AvgIpc) is 2.82. The minimum absolute atomic E-state index is 0.222. The monoisotopic (exact) mass is 233 g/mol. The number of carbonyl (C=O) groups excluding carboxylic acids is 1. The molecule has 1 saturated carbocycles. The first-order valence-corrected chi connectivity index (χ1v) is 6.36. The van der Waals surface area contributed by atoms with E-state index < -0.39 is 0 Å². The molecule has 1 fully saturated rings. The second kappa shape index (κ2) is 5.30. The maximum atomic E-state index is 12.0. The first-order valence-electron chi connectivity index (χ1n) is 6.36. The molecule has 0 aromatic carbocycles. The SMILES string of the molecule is CCOC(=O)c1c(C)ccnc1C1CCCC1. The highest BCUT2D eigenvalue weighted by molar-refractivity contribution is 5.92. The fraction of sp³-hybridized carbons (Fsp3) is 0.571. The van der Waals surface area contributed by atoms with E-state index in [1.807, 2.05) is 19.9 Å². The van der Waals surface area contributed by atoms with Gasteiger partial charge in [-0.2, -0.15) is 0 Å². The van der Waals surface area contributed by atoms with Crippen molar-refractivity contribution in [1.82, 2.24) is 4.98 Å². The van der Waals surface area contributed by atoms with Gasteiger partial charge < -0.3 is 4.74 Å². The number of esters is 1. The van der Waals surface area contributed by atoms with Gasteiger partial charge in [0.2, 0.25) is 0 Å². The lowest BCUT2D eigenvalue weighted by Gasteiger charge is -2.15. The minimum Gasteiger partial charge on any atom is -0.462 e. The van der Waals surface area contributed by atoms with Crippen LogP contribution < -0.4 is 0 Å². The van der Waals surface area contributed by atoms with Crippen molar-refractivity contribution in [2.45, 2.75) is 45.4 Å². The largest absolute Gasteiger partial charge is 0.462 e. The Kier molecular flexibility index (Phi) is 3.77. The van der Waals surface area contributed by atoms with E-state index in [1.54, 1.807) is 6.20 Å². The van der Waals surface area contributed by atoms with Crippen molar-refractivity contribution in [1.29, 1.82) is 0 Å². The van der Waals surface area contributed by atoms with Crippen LogP contribution >= 0.6 is 0 Å². The van der Waals surface area contributed by atoms with Gasteiger partial charge in [-0.05, 0) is 38.3 Å². The Balaban J connectivity index is 2.36. The van der Waals surface area contributed by atoms with E-state index in [1.165, 1.54) is 12.8 Å². The molecule has 17 heavy (non-hydrogen) atoms. The van der Waals surface area contributed by atoms with Crippen LogP contribution in [0.3, 0.4) is 0 Å². The second-order valence-electron chi connectivity index (χ2n) is 4.59. The summed E-state index contributed by atoms with van der Waals surface area (Å²) in [6.07, 6.45) is 6.56. The summed E-state index contributed by atoms with van der Waals surface area (Å²) in [4.78, 5) is 16.4. The van der Waals surface area contributed by atoms with Crippen molar-refractivity contribution in [3.63, 3.8) is 0 Å². The number of hydrogen-bond donors (Lipinski definition) is 0. The van der Waals surface area contributed by atoms with Crippen LogP contribution in [0.4, 0.5) is 0 Å². The van der Waals surface area contributed by atoms with Crippen LogP contribution in [0.25, 0.3) is 0 Å². The molecule has 1 aromatic heterocycles. The summed E-state index contributed by atoms with van der Waals surface area (Å²) in [5.74, 6) is 0.217. The third-order valence-electron chi connectivity index (χ3n) is 3.41. The number of carbonyl (C=O) groups is 1. The summed E-state index contributed by atoms with van der Waals surface area (Å²) in [5.41, 5.74) is 2.61. The first kappa shape index (κ1) is 12.1. The predicted molar refractivity (Wildman–Crippen MR) is 66.1 cm³/mol. The Morgan fingerprint density at radius 2 is 2.18 bits per heavy atom. The van der Waals surface area contributed by atoms with E-state index in [9.17, 15) is 4.79 Å². The van der Waals surface area contributed by atoms with E-state index in [2.05, 4.69) is 4.98 Å². The molecule has 0 spiro atoms. The standard InChI is InChI=1S/C14H19NO2/c1-3-17-14(16)12-10(2)8-9-15-13(12)11-6-4-5-7-11/h8-9,11H,3-7H2,1-2H3. The molecule has 3 nitrogen and oxygen atoms in total. The predicted octanol–water partition coefficient (Wildman–Crippen LogP) is 3.22. The summed E-state index contributed by atoms with van der Waals surface area (Å²) in [7, 11) is 0. The van der Waals surface area contributed by atoms with E-state index in [-0.39, 0.29) is 5.97 Å². The summed E-state index contributed by atoms with van der Waals surface area (Å²) in [6, 6.07) is 1.88. The van der Waals surface area contributed by atoms with Crippen molar-refractivity contribution >= 4 is 5.97 Å². The molecule has 0 amide bonds. The number of pyridine rings is 1. The van der Waals surface area contributed by atoms with Crippen LogP contribution in [0.5, 0.6) is 0 Å². The molecule has 2 rings (SSSR count). The van der Waals surface area contributed by atoms with Crippen LogP contribution in [0.1, 0.15) is 60.1 Å². The summed E-state index contributed by atoms with van der Waals surface area (Å²) >= 11 is 0. The highest BCUT2D eigenvalue weighted by atomic mass is 16.5. The van der Waals surface area contributed by atoms with Gasteiger partial charge in [-0.3, -0.25) is 4.98 Å². The van der Waals surface area contributed by atoms with E-state index in [0.29, 0.717) is 18.1 Å². The van der Waals surface area contributed by atoms with E-state index in [0.717, 1.165) is 24.1 Å². The Morgan fingerprint density at radius 1 is 1.47 bits per heavy atom. The third kappa shape index (κ3) is 2.48. The van der Waals surface area contributed by atoms with Gasteiger partial charge in [-0.1, -0.05) is 12.8 Å². The van der Waals surface area contributed by atoms with Crippen LogP contribution in [-0.2, 0) is 4.74 Å². The Labute approximate surface area is 102 Å². The summed E-state index contributed by atoms with van der Waals surface area (Å²) in [5, 5.41) is 0. The number of hydrogen-bond acceptors (Lipinski definition) is 3. The quantitative estimate of drug-likeness (QED) is 0.752. The topological polar surface area (TPSA) is 39.2 Å². The van der Waals surface area contributed by atoms with Gasteiger partial charge in [0.1, 0.15) is 0 Å². The molecule has 1 aliphatic carbocycles. The second-order valence-corrected chi connectivity index (χ2v) is 4.59. The van der Waals surface area contributed by atoms with Crippen LogP contribution in [0.15, 0.2) is 12.3 Å². The van der Waals surface area contributed by atoms with Gasteiger partial charge in [-0.25, -0.2) is 4.79 Å². The molecule has 0 radical (unpaired) electrons. The number of nitrogens with zero attached hydrogens (tertiary/aromatic N) is 1. The molecular formula is C14H19NO2. The lowest BCUT2D eigenvalue weighted by atomic mass is 9.96. The van der Waals surface area contributed by atoms with Crippen molar-refractivity contribution in [2.24, 2.45) is 0 Å². The van der Waals surface area contributed by atoms with Crippen molar-refractivity contribution in [2.75, 3.05) is 6.61 Å². The third-order valence-corrected chi connectivity index (χ3v) is 3.41. The maximum absolute atomic E-state index is 12.0. The van der Waals surface area contributed by atoms with Gasteiger partial charge in [0, 0.05) is 12.1 Å². The molecule has 1 aliphatic rings. The highest BCUT2D eigenvalue weighted by Gasteiger charge is 2.25. The molecule has 3 heteroatoms. The molecule has 0 saturated heterocycles. The van der Waals surface area contributed by atoms with Gasteiger partial charge in [0.25, 0.3) is 0 Å². The first-order chi connectivity index (χ1) is 8.24. The molecule has 0 N–H and O–H groups in total. The molecule has 1 aromatic rings. The number of aryl methyl sites for hydroxylation is 1. The Morgan fingerprint density at radius 3 is 2.82 bits per heavy atom. The number of rotatable bonds is 3. The normalized spacial score (nSPS) is 16.1. The summed E-state index contributed by atoms with van der Waals surface area (Å²) < 4.78 is 5.13. The fourth-order valence-corrected chi connectivity index (χ4v) is 2.56. The molecule has 0 unspecified atom stereocenters. The van der Waals surface area contributed by atoms with Gasteiger partial charge in [-0.15, -0.1) is 0 Å². The lowest BCUT2D eigenvalue weighted by molar-refractivity contribution is 0.0523. The molecule has 1 heterocycles. The van der Waals surface area contributed by atoms with Gasteiger partial charge in [0.05, 0.1) is 17.9 Å². The summed E-state index contributed by atoms with van der Waals surface area (Å²) in [6.45, 7) is 4.20. The highest BCUT2D eigenvalue weighted by Crippen LogP contribution is 2.35. The number of aromatic nitrogens is 1. The molecule has 0 aliphatic heterocycles. The van der Waals surface area contributed by atoms with Crippen LogP contribution in [0, 0.1) is 6.92 Å². The van der Waals surface area contributed by atoms with Gasteiger partial charge >= 0.3 is 5.97 Å². The lowest BCUT2D eigenvalue weighted by Crippen LogP contribution is -2.13. The number of ether oxygens (including phenoxy) is 1. The van der Waals surface area contributed by atoms with Crippen molar-refractivity contribution in [3.8, 4) is 0 Å². The van der Waals surface area contributed by atoms with Crippen molar-refractivity contribution < 1.29 is 9.53 Å². The minimum atomic E-state index is -0.222. The molecular weight excluding hydrogens is 214 g/mol. The zero-order valence-electron chi connectivity index (χ0n) is 10.5. The maximum Gasteiger partial charge on any atom is 0.340 e. The van der Waals surface area contributed by atoms with E-state index in [4.69, 9.17) is 4.74 Å². The fourth-order valence-electron chi connectivity index (χ4n) is 2.56. The molecule has 92 valence electrons. The Hall–Kier alpha value is -1.38. The molecule has 0 bridgehead atoms. The zero-order chi connectivity index (χ0) is 12.3. The van der Waals surface area contributed by atoms with Crippen molar-refractivity contribution in [3.05, 3.63) is 29.1 Å². The average molecular weight is 233 g/mol. The zero-order valence-corrected chi connectivity index (χ0v) is 10.5. The molecule has 0 atom stereocenters. The van der Waals surface area contributed by atoms with Crippen LogP contribution in [0.2, 0.25) is 0 Å². The smallest absolute Gasteiger partial charge is 0.340 e. The van der Waals surface area contributed by atoms with Crippen LogP contribution in [-0.4, -0.2) is 17.6 Å².